The molecule has 3 rings (SSSR count). The number of hydrogen-bond acceptors (Lipinski definition) is 5. The van der Waals surface area contributed by atoms with Crippen molar-refractivity contribution >= 4 is 17.4 Å². The van der Waals surface area contributed by atoms with Crippen molar-refractivity contribution in [3.8, 4) is 0 Å². The highest BCUT2D eigenvalue weighted by Crippen LogP contribution is 2.23. The van der Waals surface area contributed by atoms with Crippen molar-refractivity contribution in [1.29, 1.82) is 0 Å². The maximum Gasteiger partial charge on any atom is 0.258 e. The van der Waals surface area contributed by atoms with E-state index < -0.39 is 0 Å². The molecule has 1 atom stereocenters. The van der Waals surface area contributed by atoms with Crippen LogP contribution in [0.25, 0.3) is 0 Å². The third kappa shape index (κ3) is 3.27. The number of nitrogens with one attached hydrogen (secondary N) is 1. The van der Waals surface area contributed by atoms with E-state index in [-0.39, 0.29) is 5.91 Å². The molecule has 0 aliphatic carbocycles. The van der Waals surface area contributed by atoms with Gasteiger partial charge in [0.05, 0.1) is 17.4 Å². The molecule has 1 unspecified atom stereocenters. The first-order valence-corrected chi connectivity index (χ1v) is 7.56. The van der Waals surface area contributed by atoms with Crippen LogP contribution in [0.3, 0.4) is 0 Å². The number of aryl methyl sites for hydroxylation is 1. The third-order valence-corrected chi connectivity index (χ3v) is 3.88. The molecule has 22 heavy (non-hydrogen) atoms. The van der Waals surface area contributed by atoms with Crippen molar-refractivity contribution in [2.45, 2.75) is 26.7 Å². The maximum atomic E-state index is 12.3. The number of hydrogen-bond donors (Lipinski definition) is 1. The van der Waals surface area contributed by atoms with Gasteiger partial charge in [-0.25, -0.2) is 0 Å². The number of aromatic nitrogens is 2. The molecule has 6 heteroatoms. The van der Waals surface area contributed by atoms with Gasteiger partial charge in [0.15, 0.2) is 5.82 Å². The minimum absolute atomic E-state index is 0.229. The van der Waals surface area contributed by atoms with Crippen molar-refractivity contribution < 1.29 is 9.32 Å². The number of amides is 1. The van der Waals surface area contributed by atoms with Crippen LogP contribution in [-0.2, 0) is 0 Å². The molecule has 3 heterocycles. The fourth-order valence-corrected chi connectivity index (χ4v) is 2.76. The van der Waals surface area contributed by atoms with Crippen LogP contribution < -0.4 is 10.2 Å². The van der Waals surface area contributed by atoms with E-state index in [4.69, 9.17) is 4.52 Å². The molecule has 0 spiro atoms. The first-order chi connectivity index (χ1) is 10.6. The molecule has 0 aromatic carbocycles. The van der Waals surface area contributed by atoms with Crippen LogP contribution in [0.2, 0.25) is 0 Å². The quantitative estimate of drug-likeness (QED) is 0.943. The molecule has 0 saturated carbocycles. The second-order valence-electron chi connectivity index (χ2n) is 5.90. The standard InChI is InChI=1S/C16H20N4O2/c1-11-4-3-5-20(10-11)14-7-13(8-17-9-14)16(21)18-15-6-12(2)22-19-15/h6-9,11H,3-5,10H2,1-2H3,(H,18,19,21). The van der Waals surface area contributed by atoms with Gasteiger partial charge >= 0.3 is 0 Å². The number of nitrogens with zero attached hydrogens (tertiary/aromatic N) is 3. The average molecular weight is 300 g/mol. The summed E-state index contributed by atoms with van der Waals surface area (Å²) in [6.07, 6.45) is 5.82. The zero-order valence-corrected chi connectivity index (χ0v) is 12.9. The molecule has 1 N–H and O–H groups in total. The summed E-state index contributed by atoms with van der Waals surface area (Å²) in [6, 6.07) is 3.56. The lowest BCUT2D eigenvalue weighted by Gasteiger charge is -2.32. The van der Waals surface area contributed by atoms with Crippen molar-refractivity contribution in [2.75, 3.05) is 23.3 Å². The summed E-state index contributed by atoms with van der Waals surface area (Å²) in [7, 11) is 0. The van der Waals surface area contributed by atoms with Gasteiger partial charge < -0.3 is 14.7 Å². The molecule has 0 bridgehead atoms. The predicted molar refractivity (Wildman–Crippen MR) is 84.0 cm³/mol. The summed E-state index contributed by atoms with van der Waals surface area (Å²) in [6.45, 7) is 6.06. The highest BCUT2D eigenvalue weighted by Gasteiger charge is 2.18. The largest absolute Gasteiger partial charge is 0.370 e. The molecule has 1 amide bonds. The molecule has 0 radical (unpaired) electrons. The minimum atomic E-state index is -0.229. The summed E-state index contributed by atoms with van der Waals surface area (Å²) in [4.78, 5) is 18.8. The van der Waals surface area contributed by atoms with Crippen molar-refractivity contribution in [3.63, 3.8) is 0 Å². The normalized spacial score (nSPS) is 18.3. The highest BCUT2D eigenvalue weighted by molar-refractivity contribution is 6.04. The fourth-order valence-electron chi connectivity index (χ4n) is 2.76. The molecular formula is C16H20N4O2. The molecule has 2 aromatic rings. The second kappa shape index (κ2) is 6.17. The van der Waals surface area contributed by atoms with Crippen LogP contribution in [0.4, 0.5) is 11.5 Å². The van der Waals surface area contributed by atoms with E-state index in [0.29, 0.717) is 23.1 Å². The monoisotopic (exact) mass is 300 g/mol. The third-order valence-electron chi connectivity index (χ3n) is 3.88. The summed E-state index contributed by atoms with van der Waals surface area (Å²) >= 11 is 0. The van der Waals surface area contributed by atoms with Gasteiger partial charge in [-0.3, -0.25) is 9.78 Å². The number of rotatable bonds is 3. The smallest absolute Gasteiger partial charge is 0.258 e. The van der Waals surface area contributed by atoms with E-state index in [9.17, 15) is 4.79 Å². The zero-order valence-electron chi connectivity index (χ0n) is 12.9. The average Bonchev–Trinajstić information content (AvgIpc) is 2.92. The summed E-state index contributed by atoms with van der Waals surface area (Å²) in [5.74, 6) is 1.51. The lowest BCUT2D eigenvalue weighted by molar-refractivity contribution is 0.102. The van der Waals surface area contributed by atoms with Gasteiger partial charge in [0, 0.05) is 25.4 Å². The second-order valence-corrected chi connectivity index (χ2v) is 5.90. The Bertz CT molecular complexity index is 668. The number of pyridine rings is 1. The van der Waals surface area contributed by atoms with Crippen LogP contribution in [-0.4, -0.2) is 29.1 Å². The topological polar surface area (TPSA) is 71.3 Å². The van der Waals surface area contributed by atoms with Gasteiger partial charge in [-0.05, 0) is 31.7 Å². The molecule has 1 fully saturated rings. The van der Waals surface area contributed by atoms with E-state index in [1.54, 1.807) is 19.2 Å². The van der Waals surface area contributed by atoms with E-state index in [1.165, 1.54) is 12.8 Å². The van der Waals surface area contributed by atoms with Gasteiger partial charge in [0.25, 0.3) is 5.91 Å². The van der Waals surface area contributed by atoms with Gasteiger partial charge in [-0.15, -0.1) is 0 Å². The Labute approximate surface area is 129 Å². The van der Waals surface area contributed by atoms with E-state index in [2.05, 4.69) is 27.3 Å². The van der Waals surface area contributed by atoms with Crippen molar-refractivity contribution in [3.05, 3.63) is 35.9 Å². The maximum absolute atomic E-state index is 12.3. The Morgan fingerprint density at radius 3 is 3.00 bits per heavy atom. The first kappa shape index (κ1) is 14.6. The lowest BCUT2D eigenvalue weighted by Crippen LogP contribution is -2.34. The van der Waals surface area contributed by atoms with Gasteiger partial charge in [-0.2, -0.15) is 0 Å². The van der Waals surface area contributed by atoms with Crippen LogP contribution in [0, 0.1) is 12.8 Å². The Hall–Kier alpha value is -2.37. The van der Waals surface area contributed by atoms with Crippen LogP contribution in [0.5, 0.6) is 0 Å². The zero-order chi connectivity index (χ0) is 15.5. The number of carbonyl (C=O) groups is 1. The van der Waals surface area contributed by atoms with E-state index in [0.717, 1.165) is 18.8 Å². The van der Waals surface area contributed by atoms with Crippen LogP contribution >= 0.6 is 0 Å². The summed E-state index contributed by atoms with van der Waals surface area (Å²) in [5, 5.41) is 6.48. The molecule has 1 aliphatic heterocycles. The van der Waals surface area contributed by atoms with Gasteiger partial charge in [0.2, 0.25) is 0 Å². The lowest BCUT2D eigenvalue weighted by atomic mass is 10.00. The Balaban J connectivity index is 1.74. The van der Waals surface area contributed by atoms with Crippen LogP contribution in [0.1, 0.15) is 35.9 Å². The summed E-state index contributed by atoms with van der Waals surface area (Å²) < 4.78 is 4.94. The predicted octanol–water partition coefficient (Wildman–Crippen LogP) is 2.87. The number of carbonyl (C=O) groups excluding carboxylic acids is 1. The number of anilines is 2. The molecule has 1 aliphatic rings. The molecule has 2 aromatic heterocycles. The SMILES string of the molecule is Cc1cc(NC(=O)c2cncc(N3CCCC(C)C3)c2)no1. The fraction of sp³-hybridized carbons (Fsp3) is 0.438. The Morgan fingerprint density at radius 2 is 2.27 bits per heavy atom. The summed E-state index contributed by atoms with van der Waals surface area (Å²) in [5.41, 5.74) is 1.52. The van der Waals surface area contributed by atoms with Crippen molar-refractivity contribution in [2.24, 2.45) is 5.92 Å². The van der Waals surface area contributed by atoms with E-state index >= 15 is 0 Å². The van der Waals surface area contributed by atoms with E-state index in [1.807, 2.05) is 12.3 Å². The molecule has 116 valence electrons. The first-order valence-electron chi connectivity index (χ1n) is 7.56. The van der Waals surface area contributed by atoms with Crippen LogP contribution in [0.15, 0.2) is 29.0 Å². The highest BCUT2D eigenvalue weighted by atomic mass is 16.5. The van der Waals surface area contributed by atoms with Gasteiger partial charge in [-0.1, -0.05) is 12.1 Å². The minimum Gasteiger partial charge on any atom is -0.370 e. The molecule has 6 nitrogen and oxygen atoms in total. The Kier molecular flexibility index (Phi) is 4.09. The Morgan fingerprint density at radius 1 is 1.41 bits per heavy atom. The molecule has 1 saturated heterocycles. The number of piperidine rings is 1. The van der Waals surface area contributed by atoms with Crippen molar-refractivity contribution in [1.82, 2.24) is 10.1 Å². The molecular weight excluding hydrogens is 280 g/mol. The van der Waals surface area contributed by atoms with Gasteiger partial charge in [0.1, 0.15) is 5.76 Å².